The Morgan fingerprint density at radius 1 is 1.32 bits per heavy atom. The van der Waals surface area contributed by atoms with E-state index in [-0.39, 0.29) is 24.6 Å². The van der Waals surface area contributed by atoms with Crippen LogP contribution in [0.4, 0.5) is 4.79 Å². The van der Waals surface area contributed by atoms with Crippen LogP contribution < -0.4 is 5.73 Å². The fourth-order valence-corrected chi connectivity index (χ4v) is 2.11. The van der Waals surface area contributed by atoms with E-state index in [4.69, 9.17) is 10.5 Å². The van der Waals surface area contributed by atoms with Crippen LogP contribution in [-0.4, -0.2) is 60.1 Å². The standard InChI is InChI=1S/C13H25N3O3/c1-13(2,3)19-12(18)15(4)10-5-7-16(8-6-10)11(17)9-14/h10H,5-9,14H2,1-4H3. The van der Waals surface area contributed by atoms with Crippen molar-refractivity contribution in [2.45, 2.75) is 45.3 Å². The predicted molar refractivity (Wildman–Crippen MR) is 72.7 cm³/mol. The Morgan fingerprint density at radius 3 is 2.26 bits per heavy atom. The second kappa shape index (κ2) is 6.23. The fraction of sp³-hybridized carbons (Fsp3) is 0.846. The summed E-state index contributed by atoms with van der Waals surface area (Å²) in [5.41, 5.74) is 4.85. The summed E-state index contributed by atoms with van der Waals surface area (Å²) in [5, 5.41) is 0. The van der Waals surface area contributed by atoms with E-state index in [1.807, 2.05) is 20.8 Å². The van der Waals surface area contributed by atoms with E-state index in [0.717, 1.165) is 12.8 Å². The summed E-state index contributed by atoms with van der Waals surface area (Å²) in [6.45, 7) is 6.89. The molecule has 0 atom stereocenters. The first-order chi connectivity index (χ1) is 8.74. The van der Waals surface area contributed by atoms with Crippen LogP contribution >= 0.6 is 0 Å². The van der Waals surface area contributed by atoms with Gasteiger partial charge >= 0.3 is 6.09 Å². The minimum Gasteiger partial charge on any atom is -0.444 e. The van der Waals surface area contributed by atoms with E-state index in [1.54, 1.807) is 16.8 Å². The Morgan fingerprint density at radius 2 is 1.84 bits per heavy atom. The largest absolute Gasteiger partial charge is 0.444 e. The molecule has 2 N–H and O–H groups in total. The fourth-order valence-electron chi connectivity index (χ4n) is 2.11. The molecule has 0 aromatic carbocycles. The number of amides is 2. The maximum atomic E-state index is 11.9. The van der Waals surface area contributed by atoms with Gasteiger partial charge in [-0.2, -0.15) is 0 Å². The minimum atomic E-state index is -0.485. The van der Waals surface area contributed by atoms with Gasteiger partial charge in [-0.05, 0) is 33.6 Å². The van der Waals surface area contributed by atoms with Gasteiger partial charge in [0.15, 0.2) is 0 Å². The first-order valence-corrected chi connectivity index (χ1v) is 6.68. The molecule has 0 bridgehead atoms. The predicted octanol–water partition coefficient (Wildman–Crippen LogP) is 0.803. The van der Waals surface area contributed by atoms with Gasteiger partial charge in [0.1, 0.15) is 5.60 Å². The van der Waals surface area contributed by atoms with Gasteiger partial charge in [-0.1, -0.05) is 0 Å². The highest BCUT2D eigenvalue weighted by atomic mass is 16.6. The second-order valence-electron chi connectivity index (χ2n) is 5.91. The lowest BCUT2D eigenvalue weighted by Crippen LogP contribution is -2.49. The van der Waals surface area contributed by atoms with Crippen molar-refractivity contribution in [1.82, 2.24) is 9.80 Å². The molecule has 0 aromatic heterocycles. The van der Waals surface area contributed by atoms with Crippen molar-refractivity contribution in [1.29, 1.82) is 0 Å². The summed E-state index contributed by atoms with van der Waals surface area (Å²) < 4.78 is 5.33. The molecular formula is C13H25N3O3. The SMILES string of the molecule is CN(C(=O)OC(C)(C)C)C1CCN(C(=O)CN)CC1. The number of nitrogens with zero attached hydrogens (tertiary/aromatic N) is 2. The molecule has 1 aliphatic heterocycles. The molecule has 110 valence electrons. The number of likely N-dealkylation sites (tertiary alicyclic amines) is 1. The third-order valence-electron chi connectivity index (χ3n) is 3.22. The monoisotopic (exact) mass is 271 g/mol. The Kier molecular flexibility index (Phi) is 5.17. The topological polar surface area (TPSA) is 75.9 Å². The molecule has 6 nitrogen and oxygen atoms in total. The summed E-state index contributed by atoms with van der Waals surface area (Å²) in [4.78, 5) is 26.8. The zero-order chi connectivity index (χ0) is 14.6. The third-order valence-corrected chi connectivity index (χ3v) is 3.22. The summed E-state index contributed by atoms with van der Waals surface area (Å²) in [5.74, 6) is -0.0293. The van der Waals surface area contributed by atoms with E-state index in [1.165, 1.54) is 0 Å². The van der Waals surface area contributed by atoms with Crippen LogP contribution in [0.2, 0.25) is 0 Å². The van der Waals surface area contributed by atoms with Crippen molar-refractivity contribution >= 4 is 12.0 Å². The summed E-state index contributed by atoms with van der Waals surface area (Å²) in [6, 6.07) is 0.122. The number of ether oxygens (including phenoxy) is 1. The van der Waals surface area contributed by atoms with Gasteiger partial charge in [0, 0.05) is 26.2 Å². The highest BCUT2D eigenvalue weighted by Crippen LogP contribution is 2.18. The van der Waals surface area contributed by atoms with E-state index in [9.17, 15) is 9.59 Å². The van der Waals surface area contributed by atoms with Gasteiger partial charge in [0.25, 0.3) is 0 Å². The van der Waals surface area contributed by atoms with Gasteiger partial charge < -0.3 is 20.3 Å². The van der Waals surface area contributed by atoms with Crippen LogP contribution in [0.25, 0.3) is 0 Å². The summed E-state index contributed by atoms with van der Waals surface area (Å²) in [7, 11) is 1.75. The van der Waals surface area contributed by atoms with Crippen molar-refractivity contribution in [3.8, 4) is 0 Å². The van der Waals surface area contributed by atoms with Crippen LogP contribution in [0, 0.1) is 0 Å². The molecule has 0 spiro atoms. The minimum absolute atomic E-state index is 0.0293. The quantitative estimate of drug-likeness (QED) is 0.806. The number of carbonyl (C=O) groups excluding carboxylic acids is 2. The molecular weight excluding hydrogens is 246 g/mol. The number of nitrogens with two attached hydrogens (primary N) is 1. The van der Waals surface area contributed by atoms with E-state index < -0.39 is 5.60 Å². The molecule has 19 heavy (non-hydrogen) atoms. The zero-order valence-electron chi connectivity index (χ0n) is 12.3. The first kappa shape index (κ1) is 15.8. The second-order valence-corrected chi connectivity index (χ2v) is 5.91. The molecule has 1 aliphatic rings. The molecule has 0 aliphatic carbocycles. The lowest BCUT2D eigenvalue weighted by atomic mass is 10.0. The molecule has 0 saturated carbocycles. The normalized spacial score (nSPS) is 17.2. The van der Waals surface area contributed by atoms with Crippen molar-refractivity contribution < 1.29 is 14.3 Å². The average molecular weight is 271 g/mol. The van der Waals surface area contributed by atoms with E-state index in [0.29, 0.717) is 13.1 Å². The smallest absolute Gasteiger partial charge is 0.410 e. The number of piperidine rings is 1. The van der Waals surface area contributed by atoms with Gasteiger partial charge in [-0.15, -0.1) is 0 Å². The zero-order valence-corrected chi connectivity index (χ0v) is 12.3. The third kappa shape index (κ3) is 4.70. The van der Waals surface area contributed by atoms with Crippen molar-refractivity contribution in [3.05, 3.63) is 0 Å². The van der Waals surface area contributed by atoms with Gasteiger partial charge in [-0.3, -0.25) is 4.79 Å². The number of carbonyl (C=O) groups is 2. The molecule has 1 saturated heterocycles. The molecule has 0 unspecified atom stereocenters. The molecule has 0 radical (unpaired) electrons. The highest BCUT2D eigenvalue weighted by molar-refractivity contribution is 5.78. The maximum absolute atomic E-state index is 11.9. The lowest BCUT2D eigenvalue weighted by Gasteiger charge is -2.37. The first-order valence-electron chi connectivity index (χ1n) is 6.68. The molecule has 2 amide bonds. The van der Waals surface area contributed by atoms with Gasteiger partial charge in [0.05, 0.1) is 6.54 Å². The van der Waals surface area contributed by atoms with Crippen LogP contribution in [0.3, 0.4) is 0 Å². The maximum Gasteiger partial charge on any atom is 0.410 e. The molecule has 1 fully saturated rings. The molecule has 1 heterocycles. The Hall–Kier alpha value is -1.30. The van der Waals surface area contributed by atoms with Crippen LogP contribution in [0.5, 0.6) is 0 Å². The number of hydrogen-bond acceptors (Lipinski definition) is 4. The van der Waals surface area contributed by atoms with Crippen molar-refractivity contribution in [2.75, 3.05) is 26.7 Å². The van der Waals surface area contributed by atoms with Crippen molar-refractivity contribution in [3.63, 3.8) is 0 Å². The lowest BCUT2D eigenvalue weighted by molar-refractivity contribution is -0.131. The number of rotatable bonds is 2. The van der Waals surface area contributed by atoms with Gasteiger partial charge in [0.2, 0.25) is 5.91 Å². The average Bonchev–Trinajstić information content (AvgIpc) is 2.35. The van der Waals surface area contributed by atoms with E-state index in [2.05, 4.69) is 0 Å². The number of hydrogen-bond donors (Lipinski definition) is 1. The Balaban J connectivity index is 2.46. The van der Waals surface area contributed by atoms with Gasteiger partial charge in [-0.25, -0.2) is 4.79 Å². The highest BCUT2D eigenvalue weighted by Gasteiger charge is 2.29. The Labute approximate surface area is 114 Å². The summed E-state index contributed by atoms with van der Waals surface area (Å²) >= 11 is 0. The molecule has 0 aromatic rings. The van der Waals surface area contributed by atoms with Crippen LogP contribution in [0.15, 0.2) is 0 Å². The van der Waals surface area contributed by atoms with Crippen LogP contribution in [-0.2, 0) is 9.53 Å². The molecule has 6 heteroatoms. The Bertz CT molecular complexity index is 331. The molecule has 1 rings (SSSR count). The van der Waals surface area contributed by atoms with Crippen LogP contribution in [0.1, 0.15) is 33.6 Å². The van der Waals surface area contributed by atoms with E-state index >= 15 is 0 Å². The summed E-state index contributed by atoms with van der Waals surface area (Å²) in [6.07, 6.45) is 1.22. The van der Waals surface area contributed by atoms with Crippen molar-refractivity contribution in [2.24, 2.45) is 5.73 Å².